The first-order valence-corrected chi connectivity index (χ1v) is 26.0. The van der Waals surface area contributed by atoms with Crippen LogP contribution in [0.3, 0.4) is 0 Å². The molecule has 0 saturated heterocycles. The Labute approximate surface area is 412 Å². The van der Waals surface area contributed by atoms with E-state index in [1.807, 2.05) is 6.07 Å². The van der Waals surface area contributed by atoms with E-state index in [1.54, 1.807) is 31.2 Å². The summed E-state index contributed by atoms with van der Waals surface area (Å²) in [6.45, 7) is 2.72. The van der Waals surface area contributed by atoms with E-state index in [-0.39, 0.29) is 95.3 Å². The van der Waals surface area contributed by atoms with Gasteiger partial charge in [0, 0.05) is 27.4 Å². The first kappa shape index (κ1) is 50.5. The quantitative estimate of drug-likeness (QED) is 0.0131. The van der Waals surface area contributed by atoms with Crippen molar-refractivity contribution in [2.24, 2.45) is 30.7 Å². The lowest BCUT2D eigenvalue weighted by Crippen LogP contribution is -2.08. The van der Waals surface area contributed by atoms with Crippen molar-refractivity contribution in [1.29, 1.82) is 5.26 Å². The topological polar surface area (TPSA) is 380 Å². The van der Waals surface area contributed by atoms with Crippen LogP contribution in [0, 0.1) is 25.2 Å². The number of pyridine rings is 1. The number of aromatic nitrogens is 3. The maximum absolute atomic E-state index is 13.1. The van der Waals surface area contributed by atoms with Gasteiger partial charge in [-0.25, -0.2) is 15.2 Å². The van der Waals surface area contributed by atoms with Crippen LogP contribution >= 0.6 is 35.0 Å². The monoisotopic (exact) mass is 1080 g/mol. The molecule has 0 amide bonds. The summed E-state index contributed by atoms with van der Waals surface area (Å²) in [7, 11) is -14.4. The Morgan fingerprint density at radius 3 is 2.25 bits per heavy atom. The molecular weight excluding hydrogens is 1060 g/mol. The molecule has 0 aliphatic rings. The first-order chi connectivity index (χ1) is 33.6. The van der Waals surface area contributed by atoms with Crippen molar-refractivity contribution in [3.8, 4) is 23.4 Å². The van der Waals surface area contributed by atoms with E-state index < -0.39 is 74.3 Å². The third-order valence-electron chi connectivity index (χ3n) is 10.2. The highest BCUT2D eigenvalue weighted by molar-refractivity contribution is 7.94. The Hall–Kier alpha value is -6.86. The number of aryl methyl sites for hydroxylation is 1. The number of halogens is 1. The summed E-state index contributed by atoms with van der Waals surface area (Å²) in [5.74, 6) is -2.04. The number of hydrogen-bond donors (Lipinski definition) is 6. The van der Waals surface area contributed by atoms with Gasteiger partial charge in [0.15, 0.2) is 17.1 Å². The van der Waals surface area contributed by atoms with Crippen molar-refractivity contribution in [3.05, 3.63) is 88.4 Å². The molecule has 31 heteroatoms. The summed E-state index contributed by atoms with van der Waals surface area (Å²) in [6.07, 6.45) is -0.203. The fourth-order valence-corrected chi connectivity index (χ4v) is 10.8. The number of para-hydroxylation sites is 2. The largest absolute Gasteiger partial charge is 0.505 e. The van der Waals surface area contributed by atoms with Gasteiger partial charge in [0.1, 0.15) is 49.8 Å². The van der Waals surface area contributed by atoms with Gasteiger partial charge < -0.3 is 14.9 Å². The summed E-state index contributed by atoms with van der Waals surface area (Å²) in [6, 6.07) is 17.2. The molecule has 0 saturated carbocycles. The van der Waals surface area contributed by atoms with Gasteiger partial charge in [0.25, 0.3) is 30.4 Å². The zero-order valence-corrected chi connectivity index (χ0v) is 40.6. The second-order valence-corrected chi connectivity index (χ2v) is 21.3. The molecule has 3 aromatic heterocycles. The van der Waals surface area contributed by atoms with Crippen LogP contribution in [0.2, 0.25) is 5.02 Å². The molecule has 8 aromatic rings. The average molecular weight is 1090 g/mol. The number of fused-ring (bicyclic) bond motifs is 5. The summed E-state index contributed by atoms with van der Waals surface area (Å²) >= 11 is 7.15. The Kier molecular flexibility index (Phi) is 14.0. The number of imidazole rings is 1. The number of hydrogen-bond acceptors (Lipinski definition) is 23. The average Bonchev–Trinajstić information content (AvgIpc) is 3.89. The molecule has 366 valence electrons. The number of phenolic OH excluding ortho intramolecular Hbond substituents is 1. The molecule has 0 bridgehead atoms. The molecule has 71 heavy (non-hydrogen) atoms. The smallest absolute Gasteiger partial charge is 0.297 e. The first-order valence-electron chi connectivity index (χ1n) is 19.6. The predicted molar refractivity (Wildman–Crippen MR) is 255 cm³/mol. The summed E-state index contributed by atoms with van der Waals surface area (Å²) in [5, 5.41) is 70.1. The number of nitrogens with zero attached hydrogens (tertiary/aromatic N) is 10. The lowest BCUT2D eigenvalue weighted by atomic mass is 10.1. The number of phenols is 1. The molecule has 25 nitrogen and oxygen atoms in total. The van der Waals surface area contributed by atoms with Gasteiger partial charge in [-0.15, -0.1) is 35.0 Å². The van der Waals surface area contributed by atoms with Crippen LogP contribution in [-0.2, 0) is 39.7 Å². The number of benzene rings is 5. The lowest BCUT2D eigenvalue weighted by Gasteiger charge is -2.13. The van der Waals surface area contributed by atoms with Crippen LogP contribution < -0.4 is 4.74 Å². The van der Waals surface area contributed by atoms with Gasteiger partial charge in [0.05, 0.1) is 50.7 Å². The predicted octanol–water partition coefficient (Wildman–Crippen LogP) is 10.6. The molecule has 0 atom stereocenters. The van der Waals surface area contributed by atoms with E-state index in [1.165, 1.54) is 35.6 Å². The molecule has 8 rings (SSSR count). The summed E-state index contributed by atoms with van der Waals surface area (Å²) < 4.78 is 115. The number of rotatable bonds is 16. The van der Waals surface area contributed by atoms with Crippen molar-refractivity contribution < 1.29 is 68.5 Å². The van der Waals surface area contributed by atoms with Gasteiger partial charge in [-0.1, -0.05) is 40.1 Å². The van der Waals surface area contributed by atoms with Crippen LogP contribution in [0.25, 0.3) is 37.7 Å². The maximum atomic E-state index is 13.1. The Morgan fingerprint density at radius 1 is 0.831 bits per heavy atom. The van der Waals surface area contributed by atoms with Crippen LogP contribution in [0.1, 0.15) is 23.1 Å². The van der Waals surface area contributed by atoms with Crippen molar-refractivity contribution >= 4 is 137 Å². The van der Waals surface area contributed by atoms with Crippen LogP contribution in [-0.4, -0.2) is 81.1 Å². The number of ether oxygens (including phenoxy) is 1. The summed E-state index contributed by atoms with van der Waals surface area (Å²) in [4.78, 5) is 6.87. The Morgan fingerprint density at radius 2 is 1.55 bits per heavy atom. The normalized spacial score (nSPS) is 12.8. The second kappa shape index (κ2) is 19.7. The van der Waals surface area contributed by atoms with Crippen molar-refractivity contribution in [1.82, 2.24) is 14.4 Å². The maximum Gasteiger partial charge on any atom is 0.297 e. The van der Waals surface area contributed by atoms with Gasteiger partial charge in [-0.2, -0.15) is 30.5 Å². The third-order valence-corrected chi connectivity index (χ3v) is 14.5. The lowest BCUT2D eigenvalue weighted by molar-refractivity contribution is -0.432. The number of thiazole rings is 1. The molecule has 0 fully saturated rings. The van der Waals surface area contributed by atoms with E-state index in [0.29, 0.717) is 16.6 Å². The van der Waals surface area contributed by atoms with E-state index >= 15 is 0 Å². The van der Waals surface area contributed by atoms with E-state index in [0.717, 1.165) is 29.5 Å². The second-order valence-electron chi connectivity index (χ2n) is 14.7. The van der Waals surface area contributed by atoms with Gasteiger partial charge in [-0.05, 0) is 74.4 Å². The Bertz CT molecular complexity index is 4010. The highest BCUT2D eigenvalue weighted by Crippen LogP contribution is 2.49. The highest BCUT2D eigenvalue weighted by atomic mass is 35.5. The fraction of sp³-hybridized carbons (Fsp3) is 0.125. The van der Waals surface area contributed by atoms with E-state index in [9.17, 15) is 54.4 Å². The minimum atomic E-state index is -5.26. The van der Waals surface area contributed by atoms with Crippen molar-refractivity contribution in [2.75, 3.05) is 12.4 Å². The molecule has 5 aromatic carbocycles. The van der Waals surface area contributed by atoms with E-state index in [2.05, 4.69) is 50.0 Å². The van der Waals surface area contributed by atoms with Crippen LogP contribution in [0.15, 0.2) is 112 Å². The third kappa shape index (κ3) is 10.5. The van der Waals surface area contributed by atoms with Crippen molar-refractivity contribution in [3.63, 3.8) is 0 Å². The SMILES string of the molecule is Cc1cc(N=Nc2c(SOOO)cc3c(S(=O)(=O)O)c(N=Nc4c(C)c(C#N)c5nc6ccccc6n5c4O)ccc3c2O)c(OCCCS(=O)(=O)O)cc1N=Nc1nc2c(S(=O)(=O)O)cc(Cl)cc2s1. The summed E-state index contributed by atoms with van der Waals surface area (Å²) in [5.41, 5.74) is 0.264. The number of aromatic hydroxyl groups is 2. The van der Waals surface area contributed by atoms with Gasteiger partial charge >= 0.3 is 0 Å². The molecule has 0 unspecified atom stereocenters. The molecule has 0 aliphatic heterocycles. The highest BCUT2D eigenvalue weighted by Gasteiger charge is 2.27. The number of azo groups is 3. The molecule has 0 spiro atoms. The molecule has 0 aliphatic carbocycles. The van der Waals surface area contributed by atoms with Crippen LogP contribution in [0.4, 0.5) is 33.6 Å². The van der Waals surface area contributed by atoms with Gasteiger partial charge in [0.2, 0.25) is 11.0 Å². The zero-order valence-electron chi connectivity index (χ0n) is 35.7. The van der Waals surface area contributed by atoms with Crippen molar-refractivity contribution in [2.45, 2.75) is 35.0 Å². The Balaban J connectivity index is 1.21. The zero-order chi connectivity index (χ0) is 51.2. The standard InChI is InChI=1S/C40H29ClN10O15S5/c1-18-12-27(29(64-10-5-11-69(55,56)57)16-26(18)46-50-40-44-34-30(67-40)13-20(41)14-32(34)70(58,59)60)47-49-35-31(68-66-65-54)15-22-21(36(35)52)8-9-25(37(22)71(61,62)63)45-48-33-19(2)23(17-42)38-43-24-6-3-4-7-28(24)51(38)39(33)53/h3-4,6-9,12-16,52-54H,5,10-11H2,1-2H3,(H,55,56,57)(H,58,59,60)(H,61,62,63). The molecular formula is C40H29ClN10O15S5. The van der Waals surface area contributed by atoms with E-state index in [4.69, 9.17) is 21.6 Å². The fourth-order valence-electron chi connectivity index (χ4n) is 7.05. The number of nitriles is 1. The van der Waals surface area contributed by atoms with Gasteiger partial charge in [-0.3, -0.25) is 18.1 Å². The molecule has 0 radical (unpaired) electrons. The minimum Gasteiger partial charge on any atom is -0.505 e. The minimum absolute atomic E-state index is 0.00534. The van der Waals surface area contributed by atoms with Crippen LogP contribution in [0.5, 0.6) is 17.4 Å². The molecule has 3 heterocycles. The molecule has 6 N–H and O–H groups in total.